The molecule has 3 nitrogen and oxygen atoms in total. The highest BCUT2D eigenvalue weighted by molar-refractivity contribution is 7.10. The molecule has 92 valence electrons. The van der Waals surface area contributed by atoms with E-state index in [9.17, 15) is 4.79 Å². The van der Waals surface area contributed by atoms with Crippen molar-refractivity contribution in [1.82, 2.24) is 9.80 Å². The number of carbonyl (C=O) groups excluding carboxylic acids is 1. The van der Waals surface area contributed by atoms with Crippen LogP contribution in [-0.4, -0.2) is 35.5 Å². The molecular weight excluding hydrogens is 232 g/mol. The van der Waals surface area contributed by atoms with Gasteiger partial charge in [0.25, 0.3) is 0 Å². The summed E-state index contributed by atoms with van der Waals surface area (Å²) in [6.07, 6.45) is 2.18. The number of thiophene rings is 1. The summed E-state index contributed by atoms with van der Waals surface area (Å²) in [4.78, 5) is 17.7. The van der Waals surface area contributed by atoms with Gasteiger partial charge in [-0.1, -0.05) is 6.92 Å². The Morgan fingerprint density at radius 3 is 3.06 bits per heavy atom. The zero-order valence-corrected chi connectivity index (χ0v) is 11.0. The molecule has 1 unspecified atom stereocenters. The van der Waals surface area contributed by atoms with Gasteiger partial charge in [0.2, 0.25) is 0 Å². The molecule has 0 bridgehead atoms. The average molecular weight is 250 g/mol. The highest BCUT2D eigenvalue weighted by Gasteiger charge is 2.29. The maximum Gasteiger partial charge on any atom is 0.320 e. The third-order valence-electron chi connectivity index (χ3n) is 3.79. The van der Waals surface area contributed by atoms with Crippen molar-refractivity contribution in [2.45, 2.75) is 26.3 Å². The lowest BCUT2D eigenvalue weighted by molar-refractivity contribution is 0.156. The molecule has 0 saturated carbocycles. The van der Waals surface area contributed by atoms with Crippen LogP contribution >= 0.6 is 11.3 Å². The van der Waals surface area contributed by atoms with Crippen molar-refractivity contribution < 1.29 is 4.79 Å². The van der Waals surface area contributed by atoms with Gasteiger partial charge in [0.15, 0.2) is 0 Å². The van der Waals surface area contributed by atoms with Crippen LogP contribution in [0.2, 0.25) is 0 Å². The van der Waals surface area contributed by atoms with Gasteiger partial charge in [-0.3, -0.25) is 0 Å². The Bertz CT molecular complexity index is 429. The smallest absolute Gasteiger partial charge is 0.320 e. The molecule has 0 aliphatic carbocycles. The fraction of sp³-hybridized carbons (Fsp3) is 0.615. The molecule has 2 aliphatic rings. The van der Waals surface area contributed by atoms with Crippen LogP contribution in [0, 0.1) is 5.92 Å². The Morgan fingerprint density at radius 2 is 2.29 bits per heavy atom. The molecule has 3 heterocycles. The summed E-state index contributed by atoms with van der Waals surface area (Å²) < 4.78 is 0. The molecule has 0 spiro atoms. The number of nitrogens with zero attached hydrogens (tertiary/aromatic N) is 2. The molecule has 3 rings (SSSR count). The van der Waals surface area contributed by atoms with Crippen molar-refractivity contribution in [3.05, 3.63) is 21.9 Å². The van der Waals surface area contributed by atoms with E-state index in [1.54, 1.807) is 11.3 Å². The Balaban J connectivity index is 1.68. The van der Waals surface area contributed by atoms with E-state index < -0.39 is 0 Å². The van der Waals surface area contributed by atoms with Crippen LogP contribution in [0.15, 0.2) is 11.4 Å². The third-order valence-corrected chi connectivity index (χ3v) is 4.74. The van der Waals surface area contributed by atoms with Gasteiger partial charge in [-0.2, -0.15) is 0 Å². The normalized spacial score (nSPS) is 23.9. The fourth-order valence-corrected chi connectivity index (χ4v) is 3.66. The first-order chi connectivity index (χ1) is 8.24. The number of urea groups is 1. The predicted octanol–water partition coefficient (Wildman–Crippen LogP) is 2.57. The summed E-state index contributed by atoms with van der Waals surface area (Å²) in [5.41, 5.74) is 1.44. The van der Waals surface area contributed by atoms with Crippen LogP contribution in [-0.2, 0) is 13.0 Å². The second-order valence-corrected chi connectivity index (χ2v) is 6.16. The summed E-state index contributed by atoms with van der Waals surface area (Å²) in [7, 11) is 0. The van der Waals surface area contributed by atoms with Gasteiger partial charge >= 0.3 is 6.03 Å². The number of fused-ring (bicyclic) bond motifs is 1. The number of carbonyl (C=O) groups is 1. The topological polar surface area (TPSA) is 23.6 Å². The number of hydrogen-bond donors (Lipinski definition) is 0. The predicted molar refractivity (Wildman–Crippen MR) is 69.2 cm³/mol. The first-order valence-electron chi connectivity index (χ1n) is 6.33. The Kier molecular flexibility index (Phi) is 2.82. The van der Waals surface area contributed by atoms with Crippen LogP contribution in [0.3, 0.4) is 0 Å². The molecule has 1 aromatic rings. The quantitative estimate of drug-likeness (QED) is 0.694. The molecule has 0 radical (unpaired) electrons. The Labute approximate surface area is 106 Å². The highest BCUT2D eigenvalue weighted by atomic mass is 32.1. The maximum absolute atomic E-state index is 12.3. The van der Waals surface area contributed by atoms with Crippen molar-refractivity contribution in [2.75, 3.05) is 19.6 Å². The second kappa shape index (κ2) is 4.33. The largest absolute Gasteiger partial charge is 0.324 e. The van der Waals surface area contributed by atoms with E-state index in [4.69, 9.17) is 0 Å². The minimum Gasteiger partial charge on any atom is -0.324 e. The highest BCUT2D eigenvalue weighted by Crippen LogP contribution is 2.26. The summed E-state index contributed by atoms with van der Waals surface area (Å²) in [6.45, 7) is 5.80. The van der Waals surface area contributed by atoms with Gasteiger partial charge in [0.1, 0.15) is 0 Å². The van der Waals surface area contributed by atoms with E-state index in [2.05, 4.69) is 18.4 Å². The van der Waals surface area contributed by atoms with Crippen molar-refractivity contribution in [1.29, 1.82) is 0 Å². The van der Waals surface area contributed by atoms with Crippen LogP contribution in [0.4, 0.5) is 4.79 Å². The minimum absolute atomic E-state index is 0.244. The summed E-state index contributed by atoms with van der Waals surface area (Å²) in [6, 6.07) is 2.44. The van der Waals surface area contributed by atoms with Crippen LogP contribution in [0.5, 0.6) is 0 Å². The van der Waals surface area contributed by atoms with Crippen LogP contribution in [0.1, 0.15) is 23.8 Å². The Morgan fingerprint density at radius 1 is 1.41 bits per heavy atom. The number of amides is 2. The molecule has 0 aromatic carbocycles. The number of likely N-dealkylation sites (tertiary alicyclic amines) is 1. The van der Waals surface area contributed by atoms with Gasteiger partial charge in [0, 0.05) is 24.5 Å². The van der Waals surface area contributed by atoms with E-state index in [0.29, 0.717) is 5.92 Å². The standard InChI is InChI=1S/C13H18N2OS/c1-10-2-5-14(8-10)13(16)15-6-3-11-4-7-17-12(11)9-15/h4,7,10H,2-3,5-6,8-9H2,1H3. The Hall–Kier alpha value is -1.03. The van der Waals surface area contributed by atoms with Crippen LogP contribution < -0.4 is 0 Å². The van der Waals surface area contributed by atoms with Gasteiger partial charge < -0.3 is 9.80 Å². The van der Waals surface area contributed by atoms with Crippen molar-refractivity contribution in [2.24, 2.45) is 5.92 Å². The third kappa shape index (κ3) is 2.06. The lowest BCUT2D eigenvalue weighted by Gasteiger charge is -2.31. The van der Waals surface area contributed by atoms with Gasteiger partial charge in [-0.25, -0.2) is 4.79 Å². The SMILES string of the molecule is CC1CCN(C(=O)N2CCc3ccsc3C2)C1. The zero-order valence-electron chi connectivity index (χ0n) is 10.2. The minimum atomic E-state index is 0.244. The van der Waals surface area contributed by atoms with Crippen LogP contribution in [0.25, 0.3) is 0 Å². The summed E-state index contributed by atoms with van der Waals surface area (Å²) in [5, 5.41) is 2.14. The van der Waals surface area contributed by atoms with E-state index in [1.807, 2.05) is 9.80 Å². The lowest BCUT2D eigenvalue weighted by Crippen LogP contribution is -2.44. The zero-order chi connectivity index (χ0) is 11.8. The molecule has 1 atom stereocenters. The summed E-state index contributed by atoms with van der Waals surface area (Å²) >= 11 is 1.78. The second-order valence-electron chi connectivity index (χ2n) is 5.16. The van der Waals surface area contributed by atoms with Gasteiger partial charge in [0.05, 0.1) is 6.54 Å². The van der Waals surface area contributed by atoms with E-state index >= 15 is 0 Å². The molecule has 4 heteroatoms. The molecule has 17 heavy (non-hydrogen) atoms. The molecule has 1 aromatic heterocycles. The van der Waals surface area contributed by atoms with E-state index in [0.717, 1.165) is 39.0 Å². The average Bonchev–Trinajstić information content (AvgIpc) is 2.95. The molecule has 2 aliphatic heterocycles. The van der Waals surface area contributed by atoms with Crippen molar-refractivity contribution >= 4 is 17.4 Å². The molecule has 1 fully saturated rings. The first-order valence-corrected chi connectivity index (χ1v) is 7.21. The molecule has 0 N–H and O–H groups in total. The number of rotatable bonds is 0. The van der Waals surface area contributed by atoms with E-state index in [-0.39, 0.29) is 6.03 Å². The van der Waals surface area contributed by atoms with E-state index in [1.165, 1.54) is 10.4 Å². The fourth-order valence-electron chi connectivity index (χ4n) is 2.71. The number of hydrogen-bond acceptors (Lipinski definition) is 2. The monoisotopic (exact) mass is 250 g/mol. The molecule has 2 amide bonds. The molecular formula is C13H18N2OS. The first kappa shape index (κ1) is 11.1. The lowest BCUT2D eigenvalue weighted by atomic mass is 10.1. The van der Waals surface area contributed by atoms with Gasteiger partial charge in [-0.05, 0) is 35.8 Å². The molecule has 1 saturated heterocycles. The summed E-state index contributed by atoms with van der Waals surface area (Å²) in [5.74, 6) is 0.668. The maximum atomic E-state index is 12.3. The van der Waals surface area contributed by atoms with Crippen molar-refractivity contribution in [3.8, 4) is 0 Å². The van der Waals surface area contributed by atoms with Gasteiger partial charge in [-0.15, -0.1) is 11.3 Å². The van der Waals surface area contributed by atoms with Crippen molar-refractivity contribution in [3.63, 3.8) is 0 Å².